The Hall–Kier alpha value is -1.49. The third kappa shape index (κ3) is 1.27. The van der Waals surface area contributed by atoms with Crippen LogP contribution in [0.15, 0.2) is 12.1 Å². The lowest BCUT2D eigenvalue weighted by Crippen LogP contribution is -1.93. The second-order valence-electron chi connectivity index (χ2n) is 2.42. The van der Waals surface area contributed by atoms with Crippen LogP contribution in [0.4, 0.5) is 5.69 Å². The van der Waals surface area contributed by atoms with E-state index in [-0.39, 0.29) is 17.5 Å². The van der Waals surface area contributed by atoms with E-state index in [0.29, 0.717) is 11.5 Å². The molecule has 0 saturated heterocycles. The van der Waals surface area contributed by atoms with E-state index in [1.54, 1.807) is 0 Å². The van der Waals surface area contributed by atoms with Crippen LogP contribution in [0.25, 0.3) is 0 Å². The molecule has 1 aliphatic heterocycles. The number of nitro benzene ring substituents is 1. The van der Waals surface area contributed by atoms with Crippen molar-refractivity contribution in [3.05, 3.63) is 27.3 Å². The fraction of sp³-hybridized carbons (Fsp3) is 0.143. The molecular weight excluding hydrogens is 198 g/mol. The highest BCUT2D eigenvalue weighted by atomic mass is 35.5. The van der Waals surface area contributed by atoms with Crippen LogP contribution in [0.1, 0.15) is 0 Å². The van der Waals surface area contributed by atoms with Crippen molar-refractivity contribution in [2.45, 2.75) is 0 Å². The van der Waals surface area contributed by atoms with Gasteiger partial charge in [0.1, 0.15) is 0 Å². The van der Waals surface area contributed by atoms with Crippen LogP contribution in [0.3, 0.4) is 0 Å². The maximum Gasteiger partial charge on any atom is 0.274 e. The van der Waals surface area contributed by atoms with Gasteiger partial charge < -0.3 is 9.47 Å². The van der Waals surface area contributed by atoms with Gasteiger partial charge in [0.25, 0.3) is 5.69 Å². The molecule has 0 aliphatic carbocycles. The second-order valence-corrected chi connectivity index (χ2v) is 2.83. The maximum absolute atomic E-state index is 10.4. The van der Waals surface area contributed by atoms with Crippen LogP contribution >= 0.6 is 11.6 Å². The monoisotopic (exact) mass is 201 g/mol. The lowest BCUT2D eigenvalue weighted by Gasteiger charge is -1.97. The number of halogens is 1. The molecule has 0 radical (unpaired) electrons. The Morgan fingerprint density at radius 2 is 2.23 bits per heavy atom. The van der Waals surface area contributed by atoms with Gasteiger partial charge in [0.05, 0.1) is 16.0 Å². The van der Waals surface area contributed by atoms with Gasteiger partial charge in [-0.1, -0.05) is 11.6 Å². The number of nitro groups is 1. The Morgan fingerprint density at radius 3 is 2.92 bits per heavy atom. The van der Waals surface area contributed by atoms with Gasteiger partial charge in [0, 0.05) is 6.07 Å². The third-order valence-electron chi connectivity index (χ3n) is 1.62. The number of ether oxygens (including phenoxy) is 2. The molecule has 68 valence electrons. The molecule has 6 heteroatoms. The lowest BCUT2D eigenvalue weighted by atomic mass is 10.3. The summed E-state index contributed by atoms with van der Waals surface area (Å²) < 4.78 is 9.95. The fourth-order valence-corrected chi connectivity index (χ4v) is 1.32. The quantitative estimate of drug-likeness (QED) is 0.515. The molecule has 0 saturated carbocycles. The maximum atomic E-state index is 10.4. The summed E-state index contributed by atoms with van der Waals surface area (Å²) in [4.78, 5) is 9.87. The molecule has 0 aromatic heterocycles. The average molecular weight is 202 g/mol. The summed E-state index contributed by atoms with van der Waals surface area (Å²) in [6.07, 6.45) is 0. The first-order valence-corrected chi connectivity index (χ1v) is 3.80. The van der Waals surface area contributed by atoms with Crippen LogP contribution in [-0.2, 0) is 0 Å². The van der Waals surface area contributed by atoms with Crippen molar-refractivity contribution in [2.75, 3.05) is 6.79 Å². The predicted octanol–water partition coefficient (Wildman–Crippen LogP) is 1.98. The van der Waals surface area contributed by atoms with E-state index >= 15 is 0 Å². The van der Waals surface area contributed by atoms with Gasteiger partial charge in [0.2, 0.25) is 6.79 Å². The number of benzene rings is 1. The first-order chi connectivity index (χ1) is 6.18. The van der Waals surface area contributed by atoms with Gasteiger partial charge in [-0.05, 0) is 0 Å². The summed E-state index contributed by atoms with van der Waals surface area (Å²) in [6, 6.07) is 2.52. The Morgan fingerprint density at radius 1 is 1.46 bits per heavy atom. The highest BCUT2D eigenvalue weighted by molar-refractivity contribution is 6.32. The summed E-state index contributed by atoms with van der Waals surface area (Å²) in [7, 11) is 0. The van der Waals surface area contributed by atoms with E-state index in [0.717, 1.165) is 0 Å². The molecule has 0 spiro atoms. The normalized spacial score (nSPS) is 13.0. The van der Waals surface area contributed by atoms with E-state index in [4.69, 9.17) is 21.1 Å². The summed E-state index contributed by atoms with van der Waals surface area (Å²) in [6.45, 7) is 0.0518. The first kappa shape index (κ1) is 8.12. The number of non-ortho nitro benzene ring substituents is 1. The number of hydrogen-bond acceptors (Lipinski definition) is 4. The van der Waals surface area contributed by atoms with Crippen molar-refractivity contribution in [3.63, 3.8) is 0 Å². The van der Waals surface area contributed by atoms with Crippen LogP contribution in [0.5, 0.6) is 11.5 Å². The Bertz CT molecular complexity index is 379. The highest BCUT2D eigenvalue weighted by Gasteiger charge is 2.21. The number of hydrogen-bond donors (Lipinski definition) is 0. The van der Waals surface area contributed by atoms with Crippen molar-refractivity contribution in [3.8, 4) is 11.5 Å². The van der Waals surface area contributed by atoms with Crippen molar-refractivity contribution in [1.82, 2.24) is 0 Å². The zero-order chi connectivity index (χ0) is 9.42. The number of nitrogens with zero attached hydrogens (tertiary/aromatic N) is 1. The van der Waals surface area contributed by atoms with Gasteiger partial charge in [0.15, 0.2) is 11.5 Å². The minimum absolute atomic E-state index is 0.0518. The van der Waals surface area contributed by atoms with E-state index in [1.807, 2.05) is 0 Å². The minimum atomic E-state index is -0.534. The SMILES string of the molecule is O=[N+]([O-])c1cc(Cl)c2c(c1)OCO2. The molecule has 1 aromatic rings. The molecule has 0 N–H and O–H groups in total. The summed E-state index contributed by atoms with van der Waals surface area (Å²) >= 11 is 5.71. The number of fused-ring (bicyclic) bond motifs is 1. The predicted molar refractivity (Wildman–Crippen MR) is 44.2 cm³/mol. The van der Waals surface area contributed by atoms with Gasteiger partial charge in [-0.3, -0.25) is 10.1 Å². The standard InChI is InChI=1S/C7H4ClNO4/c8-5-1-4(9(10)11)2-6-7(5)13-3-12-6/h1-2H,3H2. The zero-order valence-electron chi connectivity index (χ0n) is 6.32. The van der Waals surface area contributed by atoms with E-state index < -0.39 is 4.92 Å². The Labute approximate surface area is 78.0 Å². The molecule has 0 bridgehead atoms. The van der Waals surface area contributed by atoms with Gasteiger partial charge in [-0.25, -0.2) is 0 Å². The van der Waals surface area contributed by atoms with Crippen LogP contribution in [0, 0.1) is 10.1 Å². The average Bonchev–Trinajstić information content (AvgIpc) is 2.51. The topological polar surface area (TPSA) is 61.6 Å². The Kier molecular flexibility index (Phi) is 1.73. The molecule has 2 rings (SSSR count). The van der Waals surface area contributed by atoms with Gasteiger partial charge in [-0.2, -0.15) is 0 Å². The smallest absolute Gasteiger partial charge is 0.274 e. The fourth-order valence-electron chi connectivity index (χ4n) is 1.06. The van der Waals surface area contributed by atoms with Crippen LogP contribution in [-0.4, -0.2) is 11.7 Å². The van der Waals surface area contributed by atoms with Gasteiger partial charge >= 0.3 is 0 Å². The molecule has 0 atom stereocenters. The van der Waals surface area contributed by atoms with E-state index in [2.05, 4.69) is 0 Å². The lowest BCUT2D eigenvalue weighted by molar-refractivity contribution is -0.384. The molecule has 5 nitrogen and oxygen atoms in total. The molecule has 0 unspecified atom stereocenters. The van der Waals surface area contributed by atoms with E-state index in [9.17, 15) is 10.1 Å². The molecule has 0 amide bonds. The van der Waals surface area contributed by atoms with Gasteiger partial charge in [-0.15, -0.1) is 0 Å². The minimum Gasteiger partial charge on any atom is -0.453 e. The van der Waals surface area contributed by atoms with Crippen LogP contribution < -0.4 is 9.47 Å². The summed E-state index contributed by atoms with van der Waals surface area (Å²) in [5, 5.41) is 10.6. The molecule has 1 aliphatic rings. The van der Waals surface area contributed by atoms with Crippen molar-refractivity contribution in [1.29, 1.82) is 0 Å². The molecule has 1 heterocycles. The largest absolute Gasteiger partial charge is 0.453 e. The first-order valence-electron chi connectivity index (χ1n) is 3.42. The molecular formula is C7H4ClNO4. The van der Waals surface area contributed by atoms with Crippen molar-refractivity contribution >= 4 is 17.3 Å². The summed E-state index contributed by atoms with van der Waals surface area (Å²) in [5.41, 5.74) is -0.103. The Balaban J connectivity index is 2.55. The molecule has 1 aromatic carbocycles. The third-order valence-corrected chi connectivity index (χ3v) is 1.90. The summed E-state index contributed by atoms with van der Waals surface area (Å²) in [5.74, 6) is 0.687. The van der Waals surface area contributed by atoms with E-state index in [1.165, 1.54) is 12.1 Å². The highest BCUT2D eigenvalue weighted by Crippen LogP contribution is 2.41. The number of rotatable bonds is 1. The van der Waals surface area contributed by atoms with Crippen molar-refractivity contribution < 1.29 is 14.4 Å². The molecule has 13 heavy (non-hydrogen) atoms. The van der Waals surface area contributed by atoms with Crippen molar-refractivity contribution in [2.24, 2.45) is 0 Å². The van der Waals surface area contributed by atoms with Crippen LogP contribution in [0.2, 0.25) is 5.02 Å². The zero-order valence-corrected chi connectivity index (χ0v) is 7.08. The second kappa shape index (κ2) is 2.77. The molecule has 0 fully saturated rings.